The van der Waals surface area contributed by atoms with Gasteiger partial charge >= 0.3 is 0 Å². The third-order valence-electron chi connectivity index (χ3n) is 4.16. The van der Waals surface area contributed by atoms with Crippen molar-refractivity contribution in [2.75, 3.05) is 11.9 Å². The van der Waals surface area contributed by atoms with Gasteiger partial charge in [0.25, 0.3) is 5.69 Å². The van der Waals surface area contributed by atoms with Crippen molar-refractivity contribution in [1.82, 2.24) is 9.78 Å². The molecule has 0 amide bonds. The number of aromatic nitrogens is 2. The van der Waals surface area contributed by atoms with E-state index in [4.69, 9.17) is 28.3 Å². The van der Waals surface area contributed by atoms with Gasteiger partial charge in [-0.2, -0.15) is 5.10 Å². The Morgan fingerprint density at radius 2 is 1.92 bits per heavy atom. The normalized spacial score (nSPS) is 12.7. The molecule has 8 heteroatoms. The van der Waals surface area contributed by atoms with Crippen LogP contribution in [0.3, 0.4) is 0 Å². The summed E-state index contributed by atoms with van der Waals surface area (Å²) in [6, 6.07) is 11.7. The first-order chi connectivity index (χ1) is 12.1. The predicted octanol–water partition coefficient (Wildman–Crippen LogP) is 4.72. The maximum absolute atomic E-state index is 10.8. The Labute approximate surface area is 153 Å². The highest BCUT2D eigenvalue weighted by Gasteiger charge is 2.25. The molecule has 0 unspecified atom stereocenters. The smallest absolute Gasteiger partial charge is 0.269 e. The fraction of sp³-hybridized carbons (Fsp3) is 0.118. The predicted molar refractivity (Wildman–Crippen MR) is 97.9 cm³/mol. The number of anilines is 1. The molecule has 0 radical (unpaired) electrons. The van der Waals surface area contributed by atoms with Crippen LogP contribution in [0.5, 0.6) is 0 Å². The number of nitro benzene ring substituents is 1. The number of hydrogen-bond donors (Lipinski definition) is 1. The lowest BCUT2D eigenvalue weighted by molar-refractivity contribution is -0.384. The van der Waals surface area contributed by atoms with E-state index in [0.29, 0.717) is 10.0 Å². The van der Waals surface area contributed by atoms with E-state index in [1.807, 2.05) is 12.1 Å². The maximum atomic E-state index is 10.8. The molecule has 126 valence electrons. The molecule has 0 saturated heterocycles. The summed E-state index contributed by atoms with van der Waals surface area (Å²) in [6.07, 6.45) is 0.820. The van der Waals surface area contributed by atoms with Gasteiger partial charge in [-0.25, -0.2) is 4.68 Å². The summed E-state index contributed by atoms with van der Waals surface area (Å²) in [5.41, 5.74) is 3.38. The molecule has 0 atom stereocenters. The lowest BCUT2D eigenvalue weighted by Crippen LogP contribution is -2.04. The van der Waals surface area contributed by atoms with Crippen LogP contribution in [-0.2, 0) is 6.42 Å². The van der Waals surface area contributed by atoms with Gasteiger partial charge in [0.2, 0.25) is 0 Å². The minimum absolute atomic E-state index is 0.0404. The average Bonchev–Trinajstić information content (AvgIpc) is 3.20. The van der Waals surface area contributed by atoms with Crippen molar-refractivity contribution < 1.29 is 4.92 Å². The Morgan fingerprint density at radius 3 is 2.64 bits per heavy atom. The molecular weight excluding hydrogens is 363 g/mol. The second-order valence-corrected chi connectivity index (χ2v) is 6.42. The fourth-order valence-electron chi connectivity index (χ4n) is 2.98. The highest BCUT2D eigenvalue weighted by atomic mass is 35.5. The summed E-state index contributed by atoms with van der Waals surface area (Å²) in [5.74, 6) is 0.875. The van der Waals surface area contributed by atoms with E-state index in [-0.39, 0.29) is 5.69 Å². The third kappa shape index (κ3) is 2.63. The van der Waals surface area contributed by atoms with Crippen LogP contribution >= 0.6 is 23.2 Å². The van der Waals surface area contributed by atoms with Crippen molar-refractivity contribution in [1.29, 1.82) is 0 Å². The molecule has 1 aliphatic heterocycles. The van der Waals surface area contributed by atoms with Crippen molar-refractivity contribution >= 4 is 34.7 Å². The Hall–Kier alpha value is -2.57. The van der Waals surface area contributed by atoms with Crippen LogP contribution in [0.25, 0.3) is 16.9 Å². The molecule has 2 aromatic carbocycles. The van der Waals surface area contributed by atoms with Gasteiger partial charge in [-0.1, -0.05) is 35.3 Å². The number of benzene rings is 2. The number of rotatable bonds is 3. The Bertz CT molecular complexity index is 983. The second-order valence-electron chi connectivity index (χ2n) is 5.64. The van der Waals surface area contributed by atoms with E-state index in [9.17, 15) is 10.1 Å². The average molecular weight is 375 g/mol. The zero-order chi connectivity index (χ0) is 17.6. The molecule has 4 rings (SSSR count). The summed E-state index contributed by atoms with van der Waals surface area (Å²) >= 11 is 12.5. The van der Waals surface area contributed by atoms with E-state index in [0.717, 1.165) is 41.3 Å². The molecule has 0 aliphatic carbocycles. The van der Waals surface area contributed by atoms with Crippen molar-refractivity contribution in [3.63, 3.8) is 0 Å². The first-order valence-electron chi connectivity index (χ1n) is 7.61. The van der Waals surface area contributed by atoms with Crippen molar-refractivity contribution in [2.24, 2.45) is 0 Å². The quantitative estimate of drug-likeness (QED) is 0.531. The molecule has 6 nitrogen and oxygen atoms in total. The topological polar surface area (TPSA) is 73.0 Å². The molecule has 0 saturated carbocycles. The first-order valence-corrected chi connectivity index (χ1v) is 8.37. The zero-order valence-electron chi connectivity index (χ0n) is 12.9. The van der Waals surface area contributed by atoms with Gasteiger partial charge in [0.15, 0.2) is 0 Å². The lowest BCUT2D eigenvalue weighted by atomic mass is 10.1. The van der Waals surface area contributed by atoms with Gasteiger partial charge in [-0.3, -0.25) is 10.1 Å². The molecule has 3 aromatic rings. The first kappa shape index (κ1) is 15.9. The summed E-state index contributed by atoms with van der Waals surface area (Å²) < 4.78 is 1.75. The van der Waals surface area contributed by atoms with E-state index in [2.05, 4.69) is 5.32 Å². The summed E-state index contributed by atoms with van der Waals surface area (Å²) in [7, 11) is 0. The van der Waals surface area contributed by atoms with Gasteiger partial charge in [-0.15, -0.1) is 0 Å². The van der Waals surface area contributed by atoms with Crippen LogP contribution in [-0.4, -0.2) is 21.2 Å². The Morgan fingerprint density at radius 1 is 1.16 bits per heavy atom. The SMILES string of the molecule is O=[N+]([O-])c1ccc(-n2nc(-c3cccc(Cl)c3Cl)c3c2NCC3)cc1. The van der Waals surface area contributed by atoms with Crippen LogP contribution < -0.4 is 5.32 Å². The minimum Gasteiger partial charge on any atom is -0.369 e. The van der Waals surface area contributed by atoms with E-state index in [1.165, 1.54) is 12.1 Å². The molecule has 0 fully saturated rings. The van der Waals surface area contributed by atoms with Gasteiger partial charge in [-0.05, 0) is 24.6 Å². The number of nitrogens with zero attached hydrogens (tertiary/aromatic N) is 3. The molecule has 0 bridgehead atoms. The summed E-state index contributed by atoms with van der Waals surface area (Å²) in [5, 5.41) is 19.8. The highest BCUT2D eigenvalue weighted by Crippen LogP contribution is 2.39. The highest BCUT2D eigenvalue weighted by molar-refractivity contribution is 6.43. The largest absolute Gasteiger partial charge is 0.369 e. The number of nitrogens with one attached hydrogen (secondary N) is 1. The van der Waals surface area contributed by atoms with Crippen molar-refractivity contribution in [3.05, 3.63) is 68.2 Å². The lowest BCUT2D eigenvalue weighted by Gasteiger charge is -2.06. The van der Waals surface area contributed by atoms with Gasteiger partial charge < -0.3 is 5.32 Å². The van der Waals surface area contributed by atoms with Crippen LogP contribution in [0.2, 0.25) is 10.0 Å². The molecule has 1 aromatic heterocycles. The van der Waals surface area contributed by atoms with E-state index >= 15 is 0 Å². The molecule has 25 heavy (non-hydrogen) atoms. The number of halogens is 2. The number of fused-ring (bicyclic) bond motifs is 1. The maximum Gasteiger partial charge on any atom is 0.269 e. The minimum atomic E-state index is -0.424. The van der Waals surface area contributed by atoms with E-state index < -0.39 is 4.92 Å². The number of hydrogen-bond acceptors (Lipinski definition) is 4. The molecule has 1 aliphatic rings. The third-order valence-corrected chi connectivity index (χ3v) is 4.98. The molecule has 1 N–H and O–H groups in total. The van der Waals surface area contributed by atoms with Gasteiger partial charge in [0, 0.05) is 29.8 Å². The monoisotopic (exact) mass is 374 g/mol. The summed E-state index contributed by atoms with van der Waals surface area (Å²) in [4.78, 5) is 10.4. The van der Waals surface area contributed by atoms with Crippen molar-refractivity contribution in [2.45, 2.75) is 6.42 Å². The second kappa shape index (κ2) is 6.06. The number of non-ortho nitro benzene ring substituents is 1. The Kier molecular flexibility index (Phi) is 3.86. The van der Waals surface area contributed by atoms with Crippen molar-refractivity contribution in [3.8, 4) is 16.9 Å². The standard InChI is InChI=1S/C17H12Cl2N4O2/c18-14-3-1-2-12(15(14)19)16-13-8-9-20-17(13)22(21-16)10-4-6-11(7-5-10)23(24)25/h1-7,20H,8-9H2. The zero-order valence-corrected chi connectivity index (χ0v) is 14.4. The number of nitro groups is 1. The van der Waals surface area contributed by atoms with Crippen LogP contribution in [0.1, 0.15) is 5.56 Å². The van der Waals surface area contributed by atoms with Crippen LogP contribution in [0.4, 0.5) is 11.5 Å². The fourth-order valence-corrected chi connectivity index (χ4v) is 3.37. The van der Waals surface area contributed by atoms with Gasteiger partial charge in [0.05, 0.1) is 26.3 Å². The Balaban J connectivity index is 1.86. The summed E-state index contributed by atoms with van der Waals surface area (Å²) in [6.45, 7) is 0.797. The molecular formula is C17H12Cl2N4O2. The molecule has 0 spiro atoms. The van der Waals surface area contributed by atoms with E-state index in [1.54, 1.807) is 22.9 Å². The van der Waals surface area contributed by atoms with Gasteiger partial charge in [0.1, 0.15) is 5.82 Å². The molecule has 2 heterocycles. The van der Waals surface area contributed by atoms with Crippen LogP contribution in [0.15, 0.2) is 42.5 Å². The van der Waals surface area contributed by atoms with Crippen LogP contribution in [0, 0.1) is 10.1 Å².